The van der Waals surface area contributed by atoms with E-state index >= 15 is 0 Å². The third-order valence-corrected chi connectivity index (χ3v) is 5.22. The Kier molecular flexibility index (Phi) is 13.5. The number of carbonyl (C=O) groups excluding carboxylic acids is 3. The van der Waals surface area contributed by atoms with Crippen LogP contribution in [0.5, 0.6) is 0 Å². The number of aliphatic hydroxyl groups is 1. The van der Waals surface area contributed by atoms with Crippen molar-refractivity contribution >= 4 is 41.4 Å². The van der Waals surface area contributed by atoms with Crippen molar-refractivity contribution in [3.05, 3.63) is 0 Å². The number of nitrogens with two attached hydrogens (primary N) is 1. The van der Waals surface area contributed by atoms with Crippen molar-refractivity contribution in [3.63, 3.8) is 0 Å². The summed E-state index contributed by atoms with van der Waals surface area (Å²) < 4.78 is 0. The molecule has 5 atom stereocenters. The molecule has 0 aliphatic heterocycles. The molecule has 0 aromatic rings. The molecule has 0 heterocycles. The number of rotatable bonds is 15. The van der Waals surface area contributed by atoms with Crippen molar-refractivity contribution < 1.29 is 39.3 Å². The highest BCUT2D eigenvalue weighted by molar-refractivity contribution is 7.98. The van der Waals surface area contributed by atoms with E-state index < -0.39 is 72.3 Å². The minimum absolute atomic E-state index is 0.177. The van der Waals surface area contributed by atoms with Gasteiger partial charge >= 0.3 is 11.9 Å². The normalized spacial score (nSPS) is 15.7. The number of hydrogen-bond acceptors (Lipinski definition) is 8. The second kappa shape index (κ2) is 14.6. The van der Waals surface area contributed by atoms with Gasteiger partial charge in [0, 0.05) is 6.42 Å². The highest BCUT2D eigenvalue weighted by Crippen LogP contribution is 2.07. The number of aliphatic carboxylic acids is 2. The van der Waals surface area contributed by atoms with Gasteiger partial charge in [-0.3, -0.25) is 19.2 Å². The van der Waals surface area contributed by atoms with Crippen molar-refractivity contribution in [1.29, 1.82) is 0 Å². The lowest BCUT2D eigenvalue weighted by atomic mass is 10.0. The summed E-state index contributed by atoms with van der Waals surface area (Å²) in [5, 5.41) is 34.9. The topological polar surface area (TPSA) is 208 Å². The maximum absolute atomic E-state index is 12.8. The Morgan fingerprint density at radius 2 is 1.38 bits per heavy atom. The Balaban J connectivity index is 5.52. The molecule has 0 rings (SSSR count). The summed E-state index contributed by atoms with van der Waals surface area (Å²) in [7, 11) is 0. The third-order valence-electron chi connectivity index (χ3n) is 4.58. The van der Waals surface area contributed by atoms with E-state index in [1.54, 1.807) is 20.1 Å². The highest BCUT2D eigenvalue weighted by atomic mass is 32.2. The fraction of sp³-hybridized carbons (Fsp3) is 0.737. The molecule has 32 heavy (non-hydrogen) atoms. The van der Waals surface area contributed by atoms with Crippen LogP contribution in [0.2, 0.25) is 0 Å². The van der Waals surface area contributed by atoms with Crippen LogP contribution in [0.1, 0.15) is 40.0 Å². The standard InChI is InChI=1S/C19H34N4O8S/c1-9(2)15(19(30)31)23-17(28)12(7-8-32-4)21-16(27)11(5-6-13(25)26)22-18(29)14(20)10(3)24/h9-12,14-15,24H,5-8,20H2,1-4H3,(H,21,27)(H,22,29)(H,23,28)(H,25,26)(H,30,31). The Hall–Kier alpha value is -2.38. The Morgan fingerprint density at radius 3 is 1.81 bits per heavy atom. The zero-order chi connectivity index (χ0) is 25.0. The predicted molar refractivity (Wildman–Crippen MR) is 118 cm³/mol. The second-order valence-electron chi connectivity index (χ2n) is 7.67. The Labute approximate surface area is 191 Å². The number of carbonyl (C=O) groups is 5. The van der Waals surface area contributed by atoms with E-state index in [2.05, 4.69) is 16.0 Å². The van der Waals surface area contributed by atoms with Crippen LogP contribution < -0.4 is 21.7 Å². The molecule has 0 fully saturated rings. The molecule has 0 aliphatic carbocycles. The van der Waals surface area contributed by atoms with Crippen LogP contribution in [0.4, 0.5) is 0 Å². The first kappa shape index (κ1) is 29.6. The molecule has 3 amide bonds. The second-order valence-corrected chi connectivity index (χ2v) is 8.66. The quantitative estimate of drug-likeness (QED) is 0.145. The maximum atomic E-state index is 12.8. The Morgan fingerprint density at radius 1 is 0.875 bits per heavy atom. The van der Waals surface area contributed by atoms with E-state index in [0.717, 1.165) is 0 Å². The first-order valence-corrected chi connectivity index (χ1v) is 11.5. The van der Waals surface area contributed by atoms with Gasteiger partial charge in [0.2, 0.25) is 17.7 Å². The molecule has 13 heteroatoms. The van der Waals surface area contributed by atoms with E-state index in [-0.39, 0.29) is 12.8 Å². The molecule has 12 nitrogen and oxygen atoms in total. The summed E-state index contributed by atoms with van der Waals surface area (Å²) in [6.07, 6.45) is 0.0365. The van der Waals surface area contributed by atoms with Gasteiger partial charge in [0.1, 0.15) is 24.2 Å². The van der Waals surface area contributed by atoms with Crippen LogP contribution in [-0.4, -0.2) is 87.3 Å². The molecule has 0 saturated carbocycles. The fourth-order valence-corrected chi connectivity index (χ4v) is 3.04. The number of thioether (sulfide) groups is 1. The van der Waals surface area contributed by atoms with Gasteiger partial charge in [-0.1, -0.05) is 13.8 Å². The molecule has 0 radical (unpaired) electrons. The molecule has 0 bridgehead atoms. The molecular weight excluding hydrogens is 444 g/mol. The van der Waals surface area contributed by atoms with E-state index in [1.165, 1.54) is 18.7 Å². The first-order valence-electron chi connectivity index (χ1n) is 10.1. The van der Waals surface area contributed by atoms with Crippen LogP contribution in [0.15, 0.2) is 0 Å². The maximum Gasteiger partial charge on any atom is 0.326 e. The smallest absolute Gasteiger partial charge is 0.326 e. The van der Waals surface area contributed by atoms with Crippen LogP contribution in [0.3, 0.4) is 0 Å². The van der Waals surface area contributed by atoms with Crippen LogP contribution in [-0.2, 0) is 24.0 Å². The lowest BCUT2D eigenvalue weighted by Gasteiger charge is -2.26. The molecular formula is C19H34N4O8S. The van der Waals surface area contributed by atoms with E-state index in [4.69, 9.17) is 10.8 Å². The van der Waals surface area contributed by atoms with Gasteiger partial charge in [-0.05, 0) is 37.7 Å². The number of hydrogen-bond donors (Lipinski definition) is 7. The lowest BCUT2D eigenvalue weighted by Crippen LogP contribution is -2.58. The Bertz CT molecular complexity index is 674. The summed E-state index contributed by atoms with van der Waals surface area (Å²) in [5.74, 6) is -4.75. The number of nitrogens with one attached hydrogen (secondary N) is 3. The van der Waals surface area contributed by atoms with Gasteiger partial charge in [0.15, 0.2) is 0 Å². The lowest BCUT2D eigenvalue weighted by molar-refractivity contribution is -0.143. The summed E-state index contributed by atoms with van der Waals surface area (Å²) in [6, 6.07) is -4.94. The summed E-state index contributed by atoms with van der Waals surface area (Å²) in [6.45, 7) is 4.53. The zero-order valence-corrected chi connectivity index (χ0v) is 19.5. The minimum Gasteiger partial charge on any atom is -0.481 e. The molecule has 184 valence electrons. The van der Waals surface area contributed by atoms with Crippen LogP contribution in [0.25, 0.3) is 0 Å². The molecule has 5 unspecified atom stereocenters. The SMILES string of the molecule is CSCCC(NC(=O)C(CCC(=O)O)NC(=O)C(N)C(C)O)C(=O)NC(C(=O)O)C(C)C. The monoisotopic (exact) mass is 478 g/mol. The van der Waals surface area contributed by atoms with E-state index in [1.807, 2.05) is 0 Å². The van der Waals surface area contributed by atoms with Crippen molar-refractivity contribution in [2.45, 2.75) is 70.3 Å². The largest absolute Gasteiger partial charge is 0.481 e. The number of aliphatic hydroxyl groups excluding tert-OH is 1. The zero-order valence-electron chi connectivity index (χ0n) is 18.7. The number of carboxylic acid groups (broad SMARTS) is 2. The average molecular weight is 479 g/mol. The van der Waals surface area contributed by atoms with E-state index in [9.17, 15) is 34.2 Å². The summed E-state index contributed by atoms with van der Waals surface area (Å²) >= 11 is 1.41. The van der Waals surface area contributed by atoms with Crippen molar-refractivity contribution in [1.82, 2.24) is 16.0 Å². The molecule has 0 saturated heterocycles. The summed E-state index contributed by atoms with van der Waals surface area (Å²) in [5.41, 5.74) is 5.56. The van der Waals surface area contributed by atoms with Gasteiger partial charge < -0.3 is 37.0 Å². The molecule has 0 aromatic heterocycles. The molecule has 0 aromatic carbocycles. The predicted octanol–water partition coefficient (Wildman–Crippen LogP) is -1.49. The van der Waals surface area contributed by atoms with Crippen LogP contribution >= 0.6 is 11.8 Å². The van der Waals surface area contributed by atoms with Gasteiger partial charge in [-0.25, -0.2) is 4.79 Å². The van der Waals surface area contributed by atoms with Crippen LogP contribution in [0, 0.1) is 5.92 Å². The highest BCUT2D eigenvalue weighted by Gasteiger charge is 2.31. The summed E-state index contributed by atoms with van der Waals surface area (Å²) in [4.78, 5) is 60.0. The molecule has 0 aliphatic rings. The first-order chi connectivity index (χ1) is 14.8. The average Bonchev–Trinajstić information content (AvgIpc) is 2.70. The van der Waals surface area contributed by atoms with Crippen molar-refractivity contribution in [2.75, 3.05) is 12.0 Å². The van der Waals surface area contributed by atoms with Gasteiger partial charge in [-0.2, -0.15) is 11.8 Å². The van der Waals surface area contributed by atoms with E-state index in [0.29, 0.717) is 5.75 Å². The van der Waals surface area contributed by atoms with Gasteiger partial charge in [-0.15, -0.1) is 0 Å². The minimum atomic E-state index is -1.34. The van der Waals surface area contributed by atoms with Crippen molar-refractivity contribution in [2.24, 2.45) is 11.7 Å². The number of carboxylic acids is 2. The molecule has 8 N–H and O–H groups in total. The van der Waals surface area contributed by atoms with Gasteiger partial charge in [0.25, 0.3) is 0 Å². The fourth-order valence-electron chi connectivity index (χ4n) is 2.57. The number of amides is 3. The van der Waals surface area contributed by atoms with Crippen molar-refractivity contribution in [3.8, 4) is 0 Å². The van der Waals surface area contributed by atoms with Gasteiger partial charge in [0.05, 0.1) is 6.10 Å². The molecule has 0 spiro atoms. The third kappa shape index (κ3) is 10.8.